The molecule has 0 bridgehead atoms. The highest BCUT2D eigenvalue weighted by atomic mass is 19.1. The third-order valence-corrected chi connectivity index (χ3v) is 5.48. The molecular weight excluding hydrogens is 381 g/mol. The molecular formula is C24H26FN3O2. The zero-order valence-corrected chi connectivity index (χ0v) is 17.3. The molecule has 0 atom stereocenters. The van der Waals surface area contributed by atoms with Crippen molar-refractivity contribution in [2.45, 2.75) is 6.54 Å². The molecule has 1 saturated heterocycles. The van der Waals surface area contributed by atoms with Gasteiger partial charge in [0.2, 0.25) is 0 Å². The molecule has 3 aromatic rings. The Morgan fingerprint density at radius 3 is 2.27 bits per heavy atom. The lowest BCUT2D eigenvalue weighted by Gasteiger charge is -2.36. The molecule has 1 aromatic heterocycles. The summed E-state index contributed by atoms with van der Waals surface area (Å²) in [5.74, 6) is 1.27. The maximum Gasteiger partial charge on any atom is 0.162 e. The topological polar surface area (TPSA) is 37.8 Å². The highest BCUT2D eigenvalue weighted by Gasteiger charge is 2.19. The summed E-state index contributed by atoms with van der Waals surface area (Å²) in [6.45, 7) is 4.67. The van der Waals surface area contributed by atoms with Gasteiger partial charge in [0.05, 0.1) is 14.2 Å². The van der Waals surface area contributed by atoms with Crippen LogP contribution in [-0.4, -0.2) is 50.3 Å². The summed E-state index contributed by atoms with van der Waals surface area (Å²) in [5.41, 5.74) is 4.30. The molecule has 156 valence electrons. The highest BCUT2D eigenvalue weighted by molar-refractivity contribution is 5.63. The van der Waals surface area contributed by atoms with Crippen LogP contribution in [0.4, 0.5) is 10.1 Å². The Balaban J connectivity index is 1.38. The number of methoxy groups -OCH3 is 2. The minimum absolute atomic E-state index is 0.227. The Kier molecular flexibility index (Phi) is 6.14. The van der Waals surface area contributed by atoms with Crippen LogP contribution in [0.25, 0.3) is 11.1 Å². The smallest absolute Gasteiger partial charge is 0.162 e. The van der Waals surface area contributed by atoms with Gasteiger partial charge < -0.3 is 14.4 Å². The van der Waals surface area contributed by atoms with Gasteiger partial charge in [-0.05, 0) is 41.5 Å². The van der Waals surface area contributed by atoms with Crippen LogP contribution in [0.15, 0.2) is 60.9 Å². The summed E-state index contributed by atoms with van der Waals surface area (Å²) in [7, 11) is 3.31. The number of piperazine rings is 1. The molecule has 0 unspecified atom stereocenters. The van der Waals surface area contributed by atoms with Gasteiger partial charge in [0.1, 0.15) is 5.82 Å². The van der Waals surface area contributed by atoms with Crippen molar-refractivity contribution in [1.29, 1.82) is 0 Å². The second-order valence-electron chi connectivity index (χ2n) is 7.39. The van der Waals surface area contributed by atoms with Crippen LogP contribution in [0.1, 0.15) is 5.56 Å². The van der Waals surface area contributed by atoms with Gasteiger partial charge in [0.25, 0.3) is 0 Å². The first-order valence-electron chi connectivity index (χ1n) is 10.1. The Hall–Kier alpha value is -3.12. The average Bonchev–Trinajstić information content (AvgIpc) is 2.80. The minimum Gasteiger partial charge on any atom is -0.493 e. The van der Waals surface area contributed by atoms with E-state index >= 15 is 0 Å². The lowest BCUT2D eigenvalue weighted by atomic mass is 10.1. The van der Waals surface area contributed by atoms with E-state index in [4.69, 9.17) is 9.47 Å². The Morgan fingerprint density at radius 2 is 1.57 bits per heavy atom. The van der Waals surface area contributed by atoms with E-state index in [9.17, 15) is 4.39 Å². The Morgan fingerprint density at radius 1 is 0.833 bits per heavy atom. The summed E-state index contributed by atoms with van der Waals surface area (Å²) in [4.78, 5) is 9.19. The quantitative estimate of drug-likeness (QED) is 0.611. The molecule has 0 saturated carbocycles. The van der Waals surface area contributed by atoms with E-state index in [1.165, 1.54) is 12.1 Å². The fraction of sp³-hybridized carbons (Fsp3) is 0.292. The first kappa shape index (κ1) is 20.2. The van der Waals surface area contributed by atoms with Crippen molar-refractivity contribution >= 4 is 5.69 Å². The normalized spacial score (nSPS) is 14.6. The van der Waals surface area contributed by atoms with Crippen LogP contribution in [0.5, 0.6) is 11.5 Å². The number of nitrogens with zero attached hydrogens (tertiary/aromatic N) is 3. The molecule has 1 aliphatic rings. The summed E-state index contributed by atoms with van der Waals surface area (Å²) in [6.07, 6.45) is 3.74. The van der Waals surface area contributed by atoms with Crippen molar-refractivity contribution < 1.29 is 13.9 Å². The molecule has 0 aliphatic carbocycles. The zero-order valence-electron chi connectivity index (χ0n) is 17.3. The van der Waals surface area contributed by atoms with Crippen LogP contribution in [-0.2, 0) is 6.54 Å². The number of anilines is 1. The molecule has 0 N–H and O–H groups in total. The maximum atomic E-state index is 13.2. The number of aromatic nitrogens is 1. The highest BCUT2D eigenvalue weighted by Crippen LogP contribution is 2.32. The van der Waals surface area contributed by atoms with Gasteiger partial charge in [-0.25, -0.2) is 4.39 Å². The molecule has 0 amide bonds. The molecule has 30 heavy (non-hydrogen) atoms. The van der Waals surface area contributed by atoms with E-state index in [2.05, 4.69) is 26.9 Å². The molecule has 1 aliphatic heterocycles. The summed E-state index contributed by atoms with van der Waals surface area (Å²) < 4.78 is 24.0. The van der Waals surface area contributed by atoms with E-state index < -0.39 is 0 Å². The SMILES string of the molecule is COc1ccc(N2CCN(Cc3cncc(-c4ccc(F)cc4)c3)CC2)cc1OC. The number of ether oxygens (including phenoxy) is 2. The third kappa shape index (κ3) is 4.54. The monoisotopic (exact) mass is 407 g/mol. The lowest BCUT2D eigenvalue weighted by Crippen LogP contribution is -2.46. The molecule has 2 heterocycles. The van der Waals surface area contributed by atoms with Gasteiger partial charge >= 0.3 is 0 Å². The van der Waals surface area contributed by atoms with Gasteiger partial charge in [-0.15, -0.1) is 0 Å². The van der Waals surface area contributed by atoms with Crippen molar-refractivity contribution in [3.8, 4) is 22.6 Å². The molecule has 1 fully saturated rings. The molecule has 2 aromatic carbocycles. The Labute approximate surface area is 176 Å². The lowest BCUT2D eigenvalue weighted by molar-refractivity contribution is 0.249. The van der Waals surface area contributed by atoms with Crippen molar-refractivity contribution in [3.63, 3.8) is 0 Å². The number of benzene rings is 2. The molecule has 0 radical (unpaired) electrons. The van der Waals surface area contributed by atoms with Gasteiger partial charge in [-0.3, -0.25) is 9.88 Å². The van der Waals surface area contributed by atoms with Crippen molar-refractivity contribution in [3.05, 3.63) is 72.3 Å². The molecule has 5 nitrogen and oxygen atoms in total. The van der Waals surface area contributed by atoms with Crippen molar-refractivity contribution in [2.75, 3.05) is 45.3 Å². The predicted octanol–water partition coefficient (Wildman–Crippen LogP) is 4.23. The first-order valence-corrected chi connectivity index (χ1v) is 10.1. The van der Waals surface area contributed by atoms with Crippen LogP contribution in [0.2, 0.25) is 0 Å². The first-order chi connectivity index (χ1) is 14.7. The largest absolute Gasteiger partial charge is 0.493 e. The molecule has 4 rings (SSSR count). The van der Waals surface area contributed by atoms with Gasteiger partial charge in [-0.2, -0.15) is 0 Å². The minimum atomic E-state index is -0.227. The van der Waals surface area contributed by atoms with Crippen LogP contribution < -0.4 is 14.4 Å². The van der Waals surface area contributed by atoms with Crippen LogP contribution in [0.3, 0.4) is 0 Å². The maximum absolute atomic E-state index is 13.2. The third-order valence-electron chi connectivity index (χ3n) is 5.48. The second-order valence-corrected chi connectivity index (χ2v) is 7.39. The van der Waals surface area contributed by atoms with Crippen LogP contribution in [0, 0.1) is 5.82 Å². The van der Waals surface area contributed by atoms with Crippen LogP contribution >= 0.6 is 0 Å². The zero-order chi connectivity index (χ0) is 20.9. The number of halogens is 1. The summed E-state index contributed by atoms with van der Waals surface area (Å²) in [5, 5.41) is 0. The summed E-state index contributed by atoms with van der Waals surface area (Å²) >= 11 is 0. The molecule has 0 spiro atoms. The molecule has 6 heteroatoms. The Bertz CT molecular complexity index is 986. The van der Waals surface area contributed by atoms with E-state index in [0.717, 1.165) is 66.6 Å². The van der Waals surface area contributed by atoms with Crippen molar-refractivity contribution in [2.24, 2.45) is 0 Å². The predicted molar refractivity (Wildman–Crippen MR) is 117 cm³/mol. The van der Waals surface area contributed by atoms with E-state index in [-0.39, 0.29) is 5.82 Å². The van der Waals surface area contributed by atoms with E-state index in [0.29, 0.717) is 0 Å². The second kappa shape index (κ2) is 9.13. The van der Waals surface area contributed by atoms with Gasteiger partial charge in [0, 0.05) is 62.4 Å². The number of rotatable bonds is 6. The number of hydrogen-bond donors (Lipinski definition) is 0. The van der Waals surface area contributed by atoms with Gasteiger partial charge in [-0.1, -0.05) is 12.1 Å². The van der Waals surface area contributed by atoms with Crippen molar-refractivity contribution in [1.82, 2.24) is 9.88 Å². The standard InChI is InChI=1S/C24H26FN3O2/c1-29-23-8-7-22(14-24(23)30-2)28-11-9-27(10-12-28)17-18-13-20(16-26-15-18)19-3-5-21(25)6-4-19/h3-8,13-16H,9-12,17H2,1-2H3. The average molecular weight is 407 g/mol. The van der Waals surface area contributed by atoms with Gasteiger partial charge in [0.15, 0.2) is 11.5 Å². The number of pyridine rings is 1. The van der Waals surface area contributed by atoms with E-state index in [1.807, 2.05) is 24.5 Å². The fourth-order valence-corrected chi connectivity index (χ4v) is 3.82. The van der Waals surface area contributed by atoms with E-state index in [1.54, 1.807) is 26.4 Å². The summed E-state index contributed by atoms with van der Waals surface area (Å²) in [6, 6.07) is 14.7. The number of hydrogen-bond acceptors (Lipinski definition) is 5. The fourth-order valence-electron chi connectivity index (χ4n) is 3.82.